The Bertz CT molecular complexity index is 726. The van der Waals surface area contributed by atoms with E-state index in [1.807, 2.05) is 22.3 Å². The number of aromatic hydroxyl groups is 1. The number of fused-ring (bicyclic) bond motifs is 1. The summed E-state index contributed by atoms with van der Waals surface area (Å²) in [5.74, 6) is 0.891. The van der Waals surface area contributed by atoms with Crippen molar-refractivity contribution < 1.29 is 9.90 Å². The van der Waals surface area contributed by atoms with Gasteiger partial charge in [-0.05, 0) is 49.8 Å². The zero-order chi connectivity index (χ0) is 16.5. The Balaban J connectivity index is 1.34. The molecule has 1 amide bonds. The van der Waals surface area contributed by atoms with Crippen molar-refractivity contribution in [1.82, 2.24) is 9.88 Å². The van der Waals surface area contributed by atoms with Crippen LogP contribution in [0.4, 0.5) is 0 Å². The minimum atomic E-state index is 0.153. The maximum atomic E-state index is 12.5. The molecule has 1 N–H and O–H groups in total. The first-order valence-corrected chi connectivity index (χ1v) is 9.55. The van der Waals surface area contributed by atoms with Crippen molar-refractivity contribution in [2.24, 2.45) is 0 Å². The number of phenolic OH excluding ortho intramolecular Hbond substituents is 1. The number of thiazole rings is 1. The number of hydrogen-bond acceptors (Lipinski definition) is 4. The Labute approximate surface area is 146 Å². The lowest BCUT2D eigenvalue weighted by atomic mass is 9.97. The molecule has 24 heavy (non-hydrogen) atoms. The highest BCUT2D eigenvalue weighted by Gasteiger charge is 2.27. The van der Waals surface area contributed by atoms with Gasteiger partial charge in [0.1, 0.15) is 5.75 Å². The van der Waals surface area contributed by atoms with Crippen LogP contribution in [-0.2, 0) is 24.1 Å². The summed E-state index contributed by atoms with van der Waals surface area (Å²) in [7, 11) is 0. The van der Waals surface area contributed by atoms with E-state index in [1.165, 1.54) is 28.4 Å². The van der Waals surface area contributed by atoms with Crippen LogP contribution in [0, 0.1) is 0 Å². The van der Waals surface area contributed by atoms with Crippen molar-refractivity contribution in [2.45, 2.75) is 44.4 Å². The molecule has 0 spiro atoms. The van der Waals surface area contributed by atoms with Gasteiger partial charge in [0.05, 0.1) is 17.1 Å². The minimum Gasteiger partial charge on any atom is -0.508 e. The van der Waals surface area contributed by atoms with Crippen LogP contribution in [0.1, 0.15) is 46.3 Å². The summed E-state index contributed by atoms with van der Waals surface area (Å²) in [5, 5.41) is 10.8. The van der Waals surface area contributed by atoms with E-state index in [1.54, 1.807) is 18.2 Å². The number of aromatic nitrogens is 1. The van der Waals surface area contributed by atoms with Gasteiger partial charge in [-0.15, -0.1) is 11.3 Å². The third kappa shape index (κ3) is 3.18. The highest BCUT2D eigenvalue weighted by molar-refractivity contribution is 7.11. The van der Waals surface area contributed by atoms with Crippen molar-refractivity contribution >= 4 is 17.2 Å². The molecule has 2 aromatic rings. The highest BCUT2D eigenvalue weighted by Crippen LogP contribution is 2.36. The zero-order valence-electron chi connectivity index (χ0n) is 13.7. The molecule has 0 radical (unpaired) electrons. The number of carbonyl (C=O) groups excluding carboxylic acids is 1. The Hall–Kier alpha value is -1.88. The van der Waals surface area contributed by atoms with E-state index >= 15 is 0 Å². The normalized spacial score (nSPS) is 17.9. The molecule has 5 heteroatoms. The molecule has 1 aromatic carbocycles. The quantitative estimate of drug-likeness (QED) is 0.931. The first kappa shape index (κ1) is 15.6. The number of likely N-dealkylation sites (tertiary alicyclic amines) is 1. The Morgan fingerprint density at radius 2 is 2.12 bits per heavy atom. The van der Waals surface area contributed by atoms with Gasteiger partial charge in [0.2, 0.25) is 5.91 Å². The maximum absolute atomic E-state index is 12.5. The first-order valence-electron chi connectivity index (χ1n) is 8.73. The largest absolute Gasteiger partial charge is 0.508 e. The summed E-state index contributed by atoms with van der Waals surface area (Å²) in [6.45, 7) is 1.62. The van der Waals surface area contributed by atoms with Crippen molar-refractivity contribution in [3.8, 4) is 5.75 Å². The van der Waals surface area contributed by atoms with Crippen LogP contribution in [-0.4, -0.2) is 34.0 Å². The number of rotatable bonds is 3. The second-order valence-corrected chi connectivity index (χ2v) is 7.89. The van der Waals surface area contributed by atoms with Crippen molar-refractivity contribution in [2.75, 3.05) is 13.1 Å². The van der Waals surface area contributed by atoms with Crippen LogP contribution in [0.25, 0.3) is 0 Å². The van der Waals surface area contributed by atoms with E-state index in [4.69, 9.17) is 4.98 Å². The molecule has 0 saturated carbocycles. The SMILES string of the molecule is O=C(Cc1cccc(O)c1)N1CCC(c2nc3c(s2)CCC3)CC1. The molecule has 2 heterocycles. The molecule has 4 nitrogen and oxygen atoms in total. The molecule has 126 valence electrons. The summed E-state index contributed by atoms with van der Waals surface area (Å²) in [6.07, 6.45) is 6.00. The second-order valence-electron chi connectivity index (χ2n) is 6.78. The van der Waals surface area contributed by atoms with Gasteiger partial charge < -0.3 is 10.0 Å². The average Bonchev–Trinajstić information content (AvgIpc) is 3.16. The number of phenols is 1. The number of carbonyl (C=O) groups is 1. The van der Waals surface area contributed by atoms with E-state index < -0.39 is 0 Å². The number of nitrogens with zero attached hydrogens (tertiary/aromatic N) is 2. The number of aryl methyl sites for hydroxylation is 2. The van der Waals surface area contributed by atoms with Gasteiger partial charge >= 0.3 is 0 Å². The lowest BCUT2D eigenvalue weighted by Gasteiger charge is -2.31. The summed E-state index contributed by atoms with van der Waals surface area (Å²) >= 11 is 1.90. The van der Waals surface area contributed by atoms with E-state index in [2.05, 4.69) is 0 Å². The van der Waals surface area contributed by atoms with E-state index in [0.717, 1.165) is 37.9 Å². The first-order chi connectivity index (χ1) is 11.7. The molecule has 1 aliphatic carbocycles. The van der Waals surface area contributed by atoms with E-state index in [9.17, 15) is 9.90 Å². The molecule has 1 fully saturated rings. The van der Waals surface area contributed by atoms with Gasteiger partial charge in [-0.25, -0.2) is 4.98 Å². The third-order valence-electron chi connectivity index (χ3n) is 5.08. The molecule has 0 bridgehead atoms. The van der Waals surface area contributed by atoms with Gasteiger partial charge in [0.15, 0.2) is 0 Å². The number of amides is 1. The maximum Gasteiger partial charge on any atom is 0.226 e. The fourth-order valence-corrected chi connectivity index (χ4v) is 5.04. The molecule has 1 saturated heterocycles. The Kier molecular flexibility index (Phi) is 4.27. The minimum absolute atomic E-state index is 0.153. The fraction of sp³-hybridized carbons (Fsp3) is 0.474. The lowest BCUT2D eigenvalue weighted by molar-refractivity contribution is -0.131. The molecule has 2 aliphatic rings. The van der Waals surface area contributed by atoms with Gasteiger partial charge in [-0.2, -0.15) is 0 Å². The average molecular weight is 342 g/mol. The summed E-state index contributed by atoms with van der Waals surface area (Å²) in [4.78, 5) is 20.8. The number of hydrogen-bond donors (Lipinski definition) is 1. The summed E-state index contributed by atoms with van der Waals surface area (Å²) in [5.41, 5.74) is 2.20. The van der Waals surface area contributed by atoms with Crippen molar-refractivity contribution in [1.29, 1.82) is 0 Å². The molecule has 0 atom stereocenters. The fourth-order valence-electron chi connectivity index (χ4n) is 3.71. The molecule has 4 rings (SSSR count). The van der Waals surface area contributed by atoms with Gasteiger partial charge in [0, 0.05) is 23.9 Å². The number of piperidine rings is 1. The van der Waals surface area contributed by atoms with Crippen LogP contribution in [0.3, 0.4) is 0 Å². The van der Waals surface area contributed by atoms with Crippen LogP contribution >= 0.6 is 11.3 Å². The van der Waals surface area contributed by atoms with E-state index in [0.29, 0.717) is 12.3 Å². The molecular weight excluding hydrogens is 320 g/mol. The third-order valence-corrected chi connectivity index (χ3v) is 6.39. The van der Waals surface area contributed by atoms with Gasteiger partial charge in [-0.1, -0.05) is 12.1 Å². The summed E-state index contributed by atoms with van der Waals surface area (Å²) < 4.78 is 0. The smallest absolute Gasteiger partial charge is 0.226 e. The molecule has 1 aromatic heterocycles. The van der Waals surface area contributed by atoms with Crippen LogP contribution < -0.4 is 0 Å². The lowest BCUT2D eigenvalue weighted by Crippen LogP contribution is -2.38. The van der Waals surface area contributed by atoms with Gasteiger partial charge in [0.25, 0.3) is 0 Å². The predicted molar refractivity (Wildman–Crippen MR) is 94.5 cm³/mol. The van der Waals surface area contributed by atoms with Gasteiger partial charge in [-0.3, -0.25) is 4.79 Å². The Morgan fingerprint density at radius 3 is 2.88 bits per heavy atom. The number of benzene rings is 1. The van der Waals surface area contributed by atoms with Crippen LogP contribution in [0.5, 0.6) is 5.75 Å². The second kappa shape index (κ2) is 6.55. The summed E-state index contributed by atoms with van der Waals surface area (Å²) in [6, 6.07) is 6.97. The highest BCUT2D eigenvalue weighted by atomic mass is 32.1. The Morgan fingerprint density at radius 1 is 1.29 bits per heavy atom. The molecule has 0 unspecified atom stereocenters. The zero-order valence-corrected chi connectivity index (χ0v) is 14.5. The predicted octanol–water partition coefficient (Wildman–Crippen LogP) is 3.29. The van der Waals surface area contributed by atoms with Crippen LogP contribution in [0.2, 0.25) is 0 Å². The standard InChI is InChI=1S/C19H22N2O2S/c22-15-4-1-3-13(11-15)12-18(23)21-9-7-14(8-10-21)19-20-16-5-2-6-17(16)24-19/h1,3-4,11,14,22H,2,5-10,12H2. The van der Waals surface area contributed by atoms with Crippen LogP contribution in [0.15, 0.2) is 24.3 Å². The monoisotopic (exact) mass is 342 g/mol. The molecular formula is C19H22N2O2S. The van der Waals surface area contributed by atoms with Crippen molar-refractivity contribution in [3.63, 3.8) is 0 Å². The van der Waals surface area contributed by atoms with Crippen molar-refractivity contribution in [3.05, 3.63) is 45.4 Å². The van der Waals surface area contributed by atoms with E-state index in [-0.39, 0.29) is 11.7 Å². The topological polar surface area (TPSA) is 53.4 Å². The molecule has 1 aliphatic heterocycles.